The summed E-state index contributed by atoms with van der Waals surface area (Å²) in [5.74, 6) is 0.412. The van der Waals surface area contributed by atoms with Crippen molar-refractivity contribution in [3.8, 4) is 0 Å². The summed E-state index contributed by atoms with van der Waals surface area (Å²) in [5.41, 5.74) is 6.82. The van der Waals surface area contributed by atoms with Gasteiger partial charge in [-0.2, -0.15) is 0 Å². The topological polar surface area (TPSA) is 70.7 Å². The van der Waals surface area contributed by atoms with Crippen molar-refractivity contribution in [2.45, 2.75) is 13.0 Å². The molecule has 2 rings (SSSR count). The lowest BCUT2D eigenvalue weighted by atomic mass is 10.1. The average molecular weight is 330 g/mol. The number of amides is 1. The molecule has 1 aromatic carbocycles. The van der Waals surface area contributed by atoms with Crippen LogP contribution in [0.2, 0.25) is 0 Å². The molecule has 1 aromatic heterocycles. The van der Waals surface area contributed by atoms with Gasteiger partial charge in [0.1, 0.15) is 0 Å². The number of hydrogen-bond donors (Lipinski definition) is 2. The van der Waals surface area contributed by atoms with Crippen LogP contribution in [0.4, 0.5) is 0 Å². The second-order valence-electron chi connectivity index (χ2n) is 5.22. The van der Waals surface area contributed by atoms with Crippen LogP contribution in [0.1, 0.15) is 20.8 Å². The number of nitrogens with zero attached hydrogens (tertiary/aromatic N) is 2. The Morgan fingerprint density at radius 3 is 2.83 bits per heavy atom. The highest BCUT2D eigenvalue weighted by Gasteiger charge is 2.07. The van der Waals surface area contributed by atoms with Crippen LogP contribution in [0.3, 0.4) is 0 Å². The second-order valence-corrected chi connectivity index (χ2v) is 6.25. The van der Waals surface area contributed by atoms with Gasteiger partial charge in [-0.3, -0.25) is 9.79 Å². The van der Waals surface area contributed by atoms with Gasteiger partial charge in [0.15, 0.2) is 5.96 Å². The van der Waals surface area contributed by atoms with Crippen molar-refractivity contribution in [1.82, 2.24) is 10.2 Å². The molecule has 3 N–H and O–H groups in total. The van der Waals surface area contributed by atoms with E-state index in [1.807, 2.05) is 19.2 Å². The SMILES string of the molecule is CN=C(NCc1cccc(C(N)=O)c1)N(C)CCc1cccs1. The lowest BCUT2D eigenvalue weighted by Gasteiger charge is -2.22. The molecule has 0 unspecified atom stereocenters. The van der Waals surface area contributed by atoms with E-state index in [1.54, 1.807) is 30.5 Å². The van der Waals surface area contributed by atoms with Crippen LogP contribution in [-0.4, -0.2) is 37.4 Å². The second kappa shape index (κ2) is 8.33. The Bertz CT molecular complexity index is 667. The summed E-state index contributed by atoms with van der Waals surface area (Å²) in [5, 5.41) is 5.40. The number of carbonyl (C=O) groups is 1. The van der Waals surface area contributed by atoms with E-state index in [9.17, 15) is 4.79 Å². The van der Waals surface area contributed by atoms with Crippen molar-refractivity contribution in [1.29, 1.82) is 0 Å². The fourth-order valence-electron chi connectivity index (χ4n) is 2.24. The van der Waals surface area contributed by atoms with Crippen molar-refractivity contribution in [2.75, 3.05) is 20.6 Å². The van der Waals surface area contributed by atoms with Crippen LogP contribution >= 0.6 is 11.3 Å². The van der Waals surface area contributed by atoms with E-state index in [-0.39, 0.29) is 0 Å². The molecule has 2 aromatic rings. The fourth-order valence-corrected chi connectivity index (χ4v) is 2.94. The summed E-state index contributed by atoms with van der Waals surface area (Å²) in [6.45, 7) is 1.48. The molecule has 0 atom stereocenters. The molecule has 0 bridgehead atoms. The van der Waals surface area contributed by atoms with Crippen molar-refractivity contribution < 1.29 is 4.79 Å². The summed E-state index contributed by atoms with van der Waals surface area (Å²) in [6, 6.07) is 11.5. The number of nitrogens with two attached hydrogens (primary N) is 1. The molecule has 0 aliphatic carbocycles. The number of hydrogen-bond acceptors (Lipinski definition) is 3. The Labute approximate surface area is 140 Å². The largest absolute Gasteiger partial charge is 0.366 e. The Kier molecular flexibility index (Phi) is 6.17. The minimum Gasteiger partial charge on any atom is -0.366 e. The maximum Gasteiger partial charge on any atom is 0.248 e. The molecule has 0 aliphatic heterocycles. The zero-order chi connectivity index (χ0) is 16.7. The monoisotopic (exact) mass is 330 g/mol. The number of guanidine groups is 1. The first-order chi connectivity index (χ1) is 11.1. The number of likely N-dealkylation sites (N-methyl/N-ethyl adjacent to an activating group) is 1. The van der Waals surface area contributed by atoms with Gasteiger partial charge in [0.2, 0.25) is 5.91 Å². The third-order valence-electron chi connectivity index (χ3n) is 3.51. The molecule has 0 saturated heterocycles. The first-order valence-corrected chi connectivity index (χ1v) is 8.31. The number of thiophene rings is 1. The van der Waals surface area contributed by atoms with E-state index in [0.29, 0.717) is 12.1 Å². The van der Waals surface area contributed by atoms with Gasteiger partial charge in [-0.1, -0.05) is 18.2 Å². The summed E-state index contributed by atoms with van der Waals surface area (Å²) in [4.78, 5) is 19.0. The predicted octanol–water partition coefficient (Wildman–Crippen LogP) is 2.10. The minimum atomic E-state index is -0.413. The van der Waals surface area contributed by atoms with Crippen molar-refractivity contribution in [2.24, 2.45) is 10.7 Å². The maximum atomic E-state index is 11.2. The number of primary amides is 1. The molecule has 5 nitrogen and oxygen atoms in total. The van der Waals surface area contributed by atoms with Gasteiger partial charge in [0, 0.05) is 37.6 Å². The standard InChI is InChI=1S/C17H22N4OS/c1-19-17(21(2)9-8-15-7-4-10-23-15)20-12-13-5-3-6-14(11-13)16(18)22/h3-7,10-11H,8-9,12H2,1-2H3,(H2,18,22)(H,19,20). The van der Waals surface area contributed by atoms with Gasteiger partial charge in [-0.25, -0.2) is 0 Å². The average Bonchev–Trinajstić information content (AvgIpc) is 3.07. The molecule has 0 fully saturated rings. The maximum absolute atomic E-state index is 11.2. The Hall–Kier alpha value is -2.34. The number of aliphatic imine (C=N–C) groups is 1. The Morgan fingerprint density at radius 2 is 2.17 bits per heavy atom. The van der Waals surface area contributed by atoms with Gasteiger partial charge < -0.3 is 16.0 Å². The lowest BCUT2D eigenvalue weighted by molar-refractivity contribution is 0.1000. The summed E-state index contributed by atoms with van der Waals surface area (Å²) < 4.78 is 0. The number of rotatable bonds is 6. The Balaban J connectivity index is 1.89. The number of carbonyl (C=O) groups excluding carboxylic acids is 1. The van der Waals surface area contributed by atoms with E-state index >= 15 is 0 Å². The highest BCUT2D eigenvalue weighted by molar-refractivity contribution is 7.09. The first kappa shape index (κ1) is 17.0. The summed E-state index contributed by atoms with van der Waals surface area (Å²) in [7, 11) is 3.78. The van der Waals surface area contributed by atoms with Gasteiger partial charge in [0.05, 0.1) is 0 Å². The molecular weight excluding hydrogens is 308 g/mol. The van der Waals surface area contributed by atoms with Crippen molar-refractivity contribution >= 4 is 23.2 Å². The summed E-state index contributed by atoms with van der Waals surface area (Å²) in [6.07, 6.45) is 0.992. The number of nitrogens with one attached hydrogen (secondary N) is 1. The van der Waals surface area contributed by atoms with Gasteiger partial charge in [0.25, 0.3) is 0 Å². The van der Waals surface area contributed by atoms with E-state index in [4.69, 9.17) is 5.73 Å². The van der Waals surface area contributed by atoms with Crippen LogP contribution in [0.25, 0.3) is 0 Å². The predicted molar refractivity (Wildman–Crippen MR) is 95.8 cm³/mol. The molecular formula is C17H22N4OS. The van der Waals surface area contributed by atoms with Gasteiger partial charge >= 0.3 is 0 Å². The van der Waals surface area contributed by atoms with Gasteiger partial charge in [-0.05, 0) is 35.6 Å². The molecule has 122 valence electrons. The molecule has 23 heavy (non-hydrogen) atoms. The first-order valence-electron chi connectivity index (χ1n) is 7.43. The van der Waals surface area contributed by atoms with Crippen molar-refractivity contribution in [3.05, 3.63) is 57.8 Å². The van der Waals surface area contributed by atoms with Crippen LogP contribution in [0, 0.1) is 0 Å². The minimum absolute atomic E-state index is 0.413. The van der Waals surface area contributed by atoms with E-state index < -0.39 is 5.91 Å². The molecule has 0 radical (unpaired) electrons. The highest BCUT2D eigenvalue weighted by Crippen LogP contribution is 2.09. The van der Waals surface area contributed by atoms with Crippen LogP contribution < -0.4 is 11.1 Å². The third-order valence-corrected chi connectivity index (χ3v) is 4.45. The fraction of sp³-hybridized carbons (Fsp3) is 0.294. The zero-order valence-corrected chi connectivity index (χ0v) is 14.3. The molecule has 1 amide bonds. The van der Waals surface area contributed by atoms with E-state index in [2.05, 4.69) is 32.7 Å². The molecule has 1 heterocycles. The highest BCUT2D eigenvalue weighted by atomic mass is 32.1. The molecule has 0 aliphatic rings. The zero-order valence-electron chi connectivity index (χ0n) is 13.5. The van der Waals surface area contributed by atoms with Crippen LogP contribution in [0.15, 0.2) is 46.8 Å². The van der Waals surface area contributed by atoms with Gasteiger partial charge in [-0.15, -0.1) is 11.3 Å². The van der Waals surface area contributed by atoms with E-state index in [1.165, 1.54) is 4.88 Å². The van der Waals surface area contributed by atoms with Crippen LogP contribution in [0.5, 0.6) is 0 Å². The lowest BCUT2D eigenvalue weighted by Crippen LogP contribution is -2.39. The molecule has 0 spiro atoms. The number of benzene rings is 1. The normalized spacial score (nSPS) is 11.3. The third kappa shape index (κ3) is 5.10. The Morgan fingerprint density at radius 1 is 1.35 bits per heavy atom. The molecule has 6 heteroatoms. The van der Waals surface area contributed by atoms with Crippen molar-refractivity contribution in [3.63, 3.8) is 0 Å². The molecule has 0 saturated carbocycles. The van der Waals surface area contributed by atoms with Crippen LogP contribution in [-0.2, 0) is 13.0 Å². The summed E-state index contributed by atoms with van der Waals surface area (Å²) >= 11 is 1.77. The smallest absolute Gasteiger partial charge is 0.248 e. The van der Waals surface area contributed by atoms with E-state index in [0.717, 1.165) is 24.5 Å². The quantitative estimate of drug-likeness (QED) is 0.629.